The average Bonchev–Trinajstić information content (AvgIpc) is 2.45. The molecule has 0 radical (unpaired) electrons. The first-order chi connectivity index (χ1) is 10.0. The van der Waals surface area contributed by atoms with Gasteiger partial charge in [0.25, 0.3) is 0 Å². The standard InChI is InChI=1S/C17H22ClN3/c1-5-8-15-19-16(18)13(3)17(20-15)21(4)11-14-10-7-6-9-12(14)2/h6-7,9-10H,5,8,11H2,1-4H3. The molecule has 0 aliphatic rings. The summed E-state index contributed by atoms with van der Waals surface area (Å²) in [4.78, 5) is 11.2. The third-order valence-electron chi connectivity index (χ3n) is 3.61. The number of aryl methyl sites for hydroxylation is 2. The molecule has 3 nitrogen and oxygen atoms in total. The number of hydrogen-bond donors (Lipinski definition) is 0. The van der Waals surface area contributed by atoms with Crippen LogP contribution < -0.4 is 4.90 Å². The van der Waals surface area contributed by atoms with Gasteiger partial charge in [0.05, 0.1) is 0 Å². The predicted molar refractivity (Wildman–Crippen MR) is 89.1 cm³/mol. The Morgan fingerprint density at radius 2 is 1.86 bits per heavy atom. The van der Waals surface area contributed by atoms with Crippen molar-refractivity contribution in [3.63, 3.8) is 0 Å². The van der Waals surface area contributed by atoms with Gasteiger partial charge in [-0.05, 0) is 31.4 Å². The van der Waals surface area contributed by atoms with Crippen LogP contribution in [0.3, 0.4) is 0 Å². The summed E-state index contributed by atoms with van der Waals surface area (Å²) in [5.74, 6) is 1.74. The highest BCUT2D eigenvalue weighted by molar-refractivity contribution is 6.30. The summed E-state index contributed by atoms with van der Waals surface area (Å²) < 4.78 is 0. The first kappa shape index (κ1) is 15.8. The Bertz CT molecular complexity index is 625. The molecule has 0 unspecified atom stereocenters. The van der Waals surface area contributed by atoms with E-state index in [0.717, 1.165) is 36.6 Å². The minimum Gasteiger partial charge on any atom is -0.355 e. The highest BCUT2D eigenvalue weighted by Gasteiger charge is 2.13. The van der Waals surface area contributed by atoms with Gasteiger partial charge in [0.2, 0.25) is 0 Å². The molecule has 1 aromatic carbocycles. The lowest BCUT2D eigenvalue weighted by atomic mass is 10.1. The molecule has 0 atom stereocenters. The van der Waals surface area contributed by atoms with Gasteiger partial charge >= 0.3 is 0 Å². The summed E-state index contributed by atoms with van der Waals surface area (Å²) in [5, 5.41) is 0.556. The molecule has 0 spiro atoms. The third kappa shape index (κ3) is 3.73. The van der Waals surface area contributed by atoms with Crippen LogP contribution in [0.2, 0.25) is 5.15 Å². The van der Waals surface area contributed by atoms with Crippen LogP contribution in [0.15, 0.2) is 24.3 Å². The van der Waals surface area contributed by atoms with E-state index in [2.05, 4.69) is 53.0 Å². The normalized spacial score (nSPS) is 10.7. The van der Waals surface area contributed by atoms with E-state index in [1.165, 1.54) is 11.1 Å². The molecular weight excluding hydrogens is 282 g/mol. The van der Waals surface area contributed by atoms with Crippen LogP contribution in [0.1, 0.15) is 35.9 Å². The number of hydrogen-bond acceptors (Lipinski definition) is 3. The molecule has 1 aromatic heterocycles. The maximum absolute atomic E-state index is 6.26. The number of benzene rings is 1. The molecule has 112 valence electrons. The van der Waals surface area contributed by atoms with Gasteiger partial charge in [0, 0.05) is 25.6 Å². The van der Waals surface area contributed by atoms with Gasteiger partial charge in [-0.15, -0.1) is 0 Å². The number of anilines is 1. The van der Waals surface area contributed by atoms with E-state index in [9.17, 15) is 0 Å². The summed E-state index contributed by atoms with van der Waals surface area (Å²) in [6, 6.07) is 8.41. The molecule has 0 amide bonds. The average molecular weight is 304 g/mol. The number of aromatic nitrogens is 2. The van der Waals surface area contributed by atoms with Crippen molar-refractivity contribution in [2.45, 2.75) is 40.2 Å². The predicted octanol–water partition coefficient (Wildman–Crippen LogP) is 4.34. The number of rotatable bonds is 5. The van der Waals surface area contributed by atoms with Crippen LogP contribution in [0.5, 0.6) is 0 Å². The van der Waals surface area contributed by atoms with Crippen LogP contribution in [-0.2, 0) is 13.0 Å². The van der Waals surface area contributed by atoms with E-state index in [1.807, 2.05) is 14.0 Å². The van der Waals surface area contributed by atoms with Crippen molar-refractivity contribution in [1.29, 1.82) is 0 Å². The van der Waals surface area contributed by atoms with Crippen LogP contribution in [0.25, 0.3) is 0 Å². The van der Waals surface area contributed by atoms with Gasteiger partial charge in [0.1, 0.15) is 16.8 Å². The maximum atomic E-state index is 6.26. The molecule has 0 bridgehead atoms. The van der Waals surface area contributed by atoms with Gasteiger partial charge in [0.15, 0.2) is 0 Å². The molecule has 0 saturated carbocycles. The molecule has 0 fully saturated rings. The molecule has 0 aliphatic heterocycles. The van der Waals surface area contributed by atoms with Crippen molar-refractivity contribution >= 4 is 17.4 Å². The minimum atomic E-state index is 0.556. The van der Waals surface area contributed by atoms with Crippen LogP contribution in [-0.4, -0.2) is 17.0 Å². The second kappa shape index (κ2) is 6.90. The van der Waals surface area contributed by atoms with Crippen molar-refractivity contribution in [2.75, 3.05) is 11.9 Å². The molecule has 1 heterocycles. The Labute approximate surface area is 132 Å². The molecule has 0 saturated heterocycles. The largest absolute Gasteiger partial charge is 0.355 e. The summed E-state index contributed by atoms with van der Waals surface area (Å²) in [6.07, 6.45) is 1.87. The monoisotopic (exact) mass is 303 g/mol. The lowest BCUT2D eigenvalue weighted by molar-refractivity contribution is 0.805. The highest BCUT2D eigenvalue weighted by atomic mass is 35.5. The van der Waals surface area contributed by atoms with Crippen LogP contribution >= 0.6 is 11.6 Å². The lowest BCUT2D eigenvalue weighted by Crippen LogP contribution is -2.20. The van der Waals surface area contributed by atoms with Gasteiger partial charge in [-0.25, -0.2) is 9.97 Å². The Kier molecular flexibility index (Phi) is 5.18. The fourth-order valence-corrected chi connectivity index (χ4v) is 2.53. The van der Waals surface area contributed by atoms with Crippen molar-refractivity contribution in [2.24, 2.45) is 0 Å². The highest BCUT2D eigenvalue weighted by Crippen LogP contribution is 2.24. The Balaban J connectivity index is 2.30. The van der Waals surface area contributed by atoms with E-state index < -0.39 is 0 Å². The van der Waals surface area contributed by atoms with Crippen LogP contribution in [0, 0.1) is 13.8 Å². The van der Waals surface area contributed by atoms with Crippen molar-refractivity contribution in [1.82, 2.24) is 9.97 Å². The summed E-state index contributed by atoms with van der Waals surface area (Å²) >= 11 is 6.26. The first-order valence-electron chi connectivity index (χ1n) is 7.31. The zero-order valence-electron chi connectivity index (χ0n) is 13.2. The van der Waals surface area contributed by atoms with Crippen molar-refractivity contribution in [3.05, 3.63) is 51.9 Å². The zero-order valence-corrected chi connectivity index (χ0v) is 13.9. The van der Waals surface area contributed by atoms with E-state index in [0.29, 0.717) is 5.15 Å². The fraction of sp³-hybridized carbons (Fsp3) is 0.412. The summed E-state index contributed by atoms with van der Waals surface area (Å²) in [5.41, 5.74) is 3.52. The molecule has 21 heavy (non-hydrogen) atoms. The van der Waals surface area contributed by atoms with Crippen LogP contribution in [0.4, 0.5) is 5.82 Å². The Morgan fingerprint density at radius 3 is 2.52 bits per heavy atom. The Hall–Kier alpha value is -1.61. The Morgan fingerprint density at radius 1 is 1.14 bits per heavy atom. The van der Waals surface area contributed by atoms with Crippen molar-refractivity contribution < 1.29 is 0 Å². The van der Waals surface area contributed by atoms with Gasteiger partial charge < -0.3 is 4.90 Å². The van der Waals surface area contributed by atoms with E-state index >= 15 is 0 Å². The molecule has 2 rings (SSSR count). The molecule has 4 heteroatoms. The maximum Gasteiger partial charge on any atom is 0.137 e. The molecule has 0 N–H and O–H groups in total. The second-order valence-corrected chi connectivity index (χ2v) is 5.77. The second-order valence-electron chi connectivity index (χ2n) is 5.41. The summed E-state index contributed by atoms with van der Waals surface area (Å²) in [6.45, 7) is 7.04. The van der Waals surface area contributed by atoms with E-state index in [-0.39, 0.29) is 0 Å². The summed E-state index contributed by atoms with van der Waals surface area (Å²) in [7, 11) is 2.05. The van der Waals surface area contributed by atoms with E-state index in [1.54, 1.807) is 0 Å². The number of halogens is 1. The smallest absolute Gasteiger partial charge is 0.137 e. The van der Waals surface area contributed by atoms with Gasteiger partial charge in [-0.1, -0.05) is 42.8 Å². The van der Waals surface area contributed by atoms with E-state index in [4.69, 9.17) is 11.6 Å². The SMILES string of the molecule is CCCc1nc(Cl)c(C)c(N(C)Cc2ccccc2C)n1. The fourth-order valence-electron chi connectivity index (χ4n) is 2.35. The third-order valence-corrected chi connectivity index (χ3v) is 3.98. The minimum absolute atomic E-state index is 0.556. The van der Waals surface area contributed by atoms with Gasteiger partial charge in [-0.2, -0.15) is 0 Å². The quantitative estimate of drug-likeness (QED) is 0.770. The number of nitrogens with zero attached hydrogens (tertiary/aromatic N) is 3. The molecule has 0 aliphatic carbocycles. The topological polar surface area (TPSA) is 29.0 Å². The van der Waals surface area contributed by atoms with Gasteiger partial charge in [-0.3, -0.25) is 0 Å². The molecule has 2 aromatic rings. The zero-order chi connectivity index (χ0) is 15.4. The molecular formula is C17H22ClN3. The van der Waals surface area contributed by atoms with Crippen molar-refractivity contribution in [3.8, 4) is 0 Å². The lowest BCUT2D eigenvalue weighted by Gasteiger charge is -2.22. The first-order valence-corrected chi connectivity index (χ1v) is 7.69.